The molecule has 0 aliphatic rings. The largest absolute Gasteiger partial charge is 0.339 e. The smallest absolute Gasteiger partial charge is 0.245 e. The van der Waals surface area contributed by atoms with Crippen molar-refractivity contribution in [3.8, 4) is 0 Å². The van der Waals surface area contributed by atoms with Gasteiger partial charge in [0.1, 0.15) is 10.7 Å². The molecule has 0 amide bonds. The molecule has 0 bridgehead atoms. The van der Waals surface area contributed by atoms with Crippen molar-refractivity contribution in [1.29, 1.82) is 0 Å². The molecular weight excluding hydrogens is 477 g/mol. The molecule has 1 N–H and O–H groups in total. The third-order valence-corrected chi connectivity index (χ3v) is 7.59. The quantitative estimate of drug-likeness (QED) is 0.300. The summed E-state index contributed by atoms with van der Waals surface area (Å²) >= 11 is 12.3. The summed E-state index contributed by atoms with van der Waals surface area (Å²) in [5.74, 6) is 0.454. The van der Waals surface area contributed by atoms with Gasteiger partial charge in [-0.05, 0) is 35.4 Å². The molecule has 5 nitrogen and oxygen atoms in total. The molecule has 8 heteroatoms. The van der Waals surface area contributed by atoms with Crippen LogP contribution in [0.3, 0.4) is 0 Å². The number of sulfonamides is 1. The third kappa shape index (κ3) is 5.72. The van der Waals surface area contributed by atoms with E-state index in [1.807, 2.05) is 60.7 Å². The zero-order valence-corrected chi connectivity index (χ0v) is 19.9. The SMILES string of the molecule is O=S(=O)(c1ccc(Nc2cccc(Cl)c2Cl)nc1)N(Cc1ccccc1)Cc1ccccc1. The van der Waals surface area contributed by atoms with Gasteiger partial charge in [0.15, 0.2) is 0 Å². The van der Waals surface area contributed by atoms with Gasteiger partial charge in [0.25, 0.3) is 0 Å². The summed E-state index contributed by atoms with van der Waals surface area (Å²) in [5, 5.41) is 3.85. The third-order valence-electron chi connectivity index (χ3n) is 4.99. The van der Waals surface area contributed by atoms with Crippen LogP contribution in [0, 0.1) is 0 Å². The highest BCUT2D eigenvalue weighted by molar-refractivity contribution is 7.89. The molecule has 0 saturated heterocycles. The van der Waals surface area contributed by atoms with Gasteiger partial charge in [0.2, 0.25) is 10.0 Å². The lowest BCUT2D eigenvalue weighted by Crippen LogP contribution is -2.30. The Morgan fingerprint density at radius 2 is 1.36 bits per heavy atom. The molecule has 1 aromatic heterocycles. The van der Waals surface area contributed by atoms with Crippen molar-refractivity contribution >= 4 is 44.7 Å². The van der Waals surface area contributed by atoms with E-state index >= 15 is 0 Å². The Balaban J connectivity index is 1.60. The number of nitrogens with one attached hydrogen (secondary N) is 1. The van der Waals surface area contributed by atoms with Gasteiger partial charge in [-0.3, -0.25) is 0 Å². The minimum absolute atomic E-state index is 0.108. The van der Waals surface area contributed by atoms with Crippen LogP contribution in [0.4, 0.5) is 11.5 Å². The normalized spacial score (nSPS) is 11.5. The fraction of sp³-hybridized carbons (Fsp3) is 0.0800. The number of anilines is 2. The Morgan fingerprint density at radius 3 is 1.91 bits per heavy atom. The number of nitrogens with zero attached hydrogens (tertiary/aromatic N) is 2. The summed E-state index contributed by atoms with van der Waals surface area (Å²) in [7, 11) is -3.81. The van der Waals surface area contributed by atoms with Crippen LogP contribution in [0.5, 0.6) is 0 Å². The van der Waals surface area contributed by atoms with Crippen molar-refractivity contribution in [3.63, 3.8) is 0 Å². The Morgan fingerprint density at radius 1 is 0.758 bits per heavy atom. The number of hydrogen-bond acceptors (Lipinski definition) is 4. The Hall–Kier alpha value is -2.90. The van der Waals surface area contributed by atoms with Crippen LogP contribution < -0.4 is 5.32 Å². The maximum atomic E-state index is 13.5. The summed E-state index contributed by atoms with van der Waals surface area (Å²) in [6.45, 7) is 0.492. The van der Waals surface area contributed by atoms with Crippen LogP contribution in [0.25, 0.3) is 0 Å². The molecule has 0 fully saturated rings. The molecule has 0 saturated carbocycles. The van der Waals surface area contributed by atoms with Crippen molar-refractivity contribution in [3.05, 3.63) is 118 Å². The fourth-order valence-electron chi connectivity index (χ4n) is 3.29. The van der Waals surface area contributed by atoms with Gasteiger partial charge in [0.05, 0.1) is 15.7 Å². The van der Waals surface area contributed by atoms with E-state index in [-0.39, 0.29) is 18.0 Å². The van der Waals surface area contributed by atoms with Crippen LogP contribution in [0.2, 0.25) is 10.0 Å². The molecule has 0 aliphatic heterocycles. The van der Waals surface area contributed by atoms with E-state index in [2.05, 4.69) is 10.3 Å². The van der Waals surface area contributed by atoms with Crippen LogP contribution in [-0.2, 0) is 23.1 Å². The molecule has 0 unspecified atom stereocenters. The highest BCUT2D eigenvalue weighted by Gasteiger charge is 2.25. The van der Waals surface area contributed by atoms with Gasteiger partial charge >= 0.3 is 0 Å². The average molecular weight is 498 g/mol. The minimum atomic E-state index is -3.81. The maximum absolute atomic E-state index is 13.5. The molecule has 0 aliphatic carbocycles. The van der Waals surface area contributed by atoms with Crippen LogP contribution >= 0.6 is 23.2 Å². The van der Waals surface area contributed by atoms with Gasteiger partial charge in [-0.1, -0.05) is 89.9 Å². The lowest BCUT2D eigenvalue weighted by atomic mass is 10.2. The average Bonchev–Trinajstić information content (AvgIpc) is 2.83. The highest BCUT2D eigenvalue weighted by Crippen LogP contribution is 2.31. The number of aromatic nitrogens is 1. The maximum Gasteiger partial charge on any atom is 0.245 e. The second-order valence-electron chi connectivity index (χ2n) is 7.35. The lowest BCUT2D eigenvalue weighted by Gasteiger charge is -2.22. The fourth-order valence-corrected chi connectivity index (χ4v) is 5.00. The monoisotopic (exact) mass is 497 g/mol. The zero-order valence-electron chi connectivity index (χ0n) is 17.5. The summed E-state index contributed by atoms with van der Waals surface area (Å²) in [6.07, 6.45) is 1.35. The first-order chi connectivity index (χ1) is 15.9. The van der Waals surface area contributed by atoms with Crippen molar-refractivity contribution in [2.24, 2.45) is 0 Å². The Kier molecular flexibility index (Phi) is 7.30. The van der Waals surface area contributed by atoms with E-state index in [4.69, 9.17) is 23.2 Å². The van der Waals surface area contributed by atoms with E-state index in [9.17, 15) is 8.42 Å². The van der Waals surface area contributed by atoms with Crippen molar-refractivity contribution in [1.82, 2.24) is 9.29 Å². The first-order valence-corrected chi connectivity index (χ1v) is 12.4. The number of rotatable bonds is 8. The number of benzene rings is 3. The van der Waals surface area contributed by atoms with Gasteiger partial charge in [-0.15, -0.1) is 0 Å². The van der Waals surface area contributed by atoms with Gasteiger partial charge in [0, 0.05) is 19.3 Å². The summed E-state index contributed by atoms with van der Waals surface area (Å²) < 4.78 is 28.5. The predicted molar refractivity (Wildman–Crippen MR) is 133 cm³/mol. The van der Waals surface area contributed by atoms with E-state index in [1.165, 1.54) is 16.6 Å². The molecular formula is C25H21Cl2N3O2S. The van der Waals surface area contributed by atoms with Crippen molar-refractivity contribution in [2.75, 3.05) is 5.32 Å². The molecule has 0 atom stereocenters. The number of hydrogen-bond donors (Lipinski definition) is 1. The standard InChI is InChI=1S/C25H21Cl2N3O2S/c26-22-12-7-13-23(25(22)27)29-24-15-14-21(16-28-24)33(31,32)30(17-19-8-3-1-4-9-19)18-20-10-5-2-6-11-20/h1-16H,17-18H2,(H,28,29). The molecule has 0 radical (unpaired) electrons. The van der Waals surface area contributed by atoms with Crippen LogP contribution in [0.15, 0.2) is 102 Å². The van der Waals surface area contributed by atoms with Gasteiger partial charge in [-0.25, -0.2) is 13.4 Å². The summed E-state index contributed by atoms with van der Waals surface area (Å²) in [6, 6.07) is 27.4. The van der Waals surface area contributed by atoms with Gasteiger partial charge in [-0.2, -0.15) is 4.31 Å². The van der Waals surface area contributed by atoms with Crippen molar-refractivity contribution in [2.45, 2.75) is 18.0 Å². The van der Waals surface area contributed by atoms with Crippen LogP contribution in [-0.4, -0.2) is 17.7 Å². The van der Waals surface area contributed by atoms with E-state index in [0.29, 0.717) is 21.6 Å². The second-order valence-corrected chi connectivity index (χ2v) is 10.1. The van der Waals surface area contributed by atoms with E-state index in [1.54, 1.807) is 24.3 Å². The molecule has 168 valence electrons. The summed E-state index contributed by atoms with van der Waals surface area (Å²) in [4.78, 5) is 4.40. The van der Waals surface area contributed by atoms with E-state index in [0.717, 1.165) is 11.1 Å². The predicted octanol–water partition coefficient (Wildman–Crippen LogP) is 6.52. The first kappa shape index (κ1) is 23.3. The van der Waals surface area contributed by atoms with E-state index < -0.39 is 10.0 Å². The molecule has 1 heterocycles. The van der Waals surface area contributed by atoms with Gasteiger partial charge < -0.3 is 5.32 Å². The molecule has 0 spiro atoms. The van der Waals surface area contributed by atoms with Crippen molar-refractivity contribution < 1.29 is 8.42 Å². The Labute approximate surface area is 203 Å². The number of halogens is 2. The zero-order chi connectivity index (χ0) is 23.3. The molecule has 33 heavy (non-hydrogen) atoms. The number of pyridine rings is 1. The molecule has 3 aromatic carbocycles. The molecule has 4 aromatic rings. The van der Waals surface area contributed by atoms with Crippen LogP contribution in [0.1, 0.15) is 11.1 Å². The minimum Gasteiger partial charge on any atom is -0.339 e. The Bertz CT molecular complexity index is 1280. The first-order valence-electron chi connectivity index (χ1n) is 10.2. The lowest BCUT2D eigenvalue weighted by molar-refractivity contribution is 0.401. The highest BCUT2D eigenvalue weighted by atomic mass is 35.5. The second kappa shape index (κ2) is 10.4. The topological polar surface area (TPSA) is 62.3 Å². The summed E-state index contributed by atoms with van der Waals surface area (Å²) in [5.41, 5.74) is 2.39. The molecule has 4 rings (SSSR count).